The van der Waals surface area contributed by atoms with Gasteiger partial charge in [-0.1, -0.05) is 25.5 Å². The van der Waals surface area contributed by atoms with E-state index in [0.29, 0.717) is 30.2 Å². The van der Waals surface area contributed by atoms with E-state index in [1.54, 1.807) is 36.2 Å². The number of unbranched alkanes of at least 4 members (excludes halogenated alkanes) is 1. The van der Waals surface area contributed by atoms with Gasteiger partial charge >= 0.3 is 0 Å². The second-order valence-corrected chi connectivity index (χ2v) is 7.82. The fourth-order valence-corrected chi connectivity index (χ4v) is 3.60. The van der Waals surface area contributed by atoms with Gasteiger partial charge in [0, 0.05) is 19.2 Å². The Morgan fingerprint density at radius 2 is 1.74 bits per heavy atom. The van der Waals surface area contributed by atoms with E-state index >= 15 is 0 Å². The lowest BCUT2D eigenvalue weighted by Crippen LogP contribution is -2.27. The molecule has 0 unspecified atom stereocenters. The summed E-state index contributed by atoms with van der Waals surface area (Å²) in [6.07, 6.45) is 1.93. The zero-order valence-corrected chi connectivity index (χ0v) is 16.8. The number of nitrogens with zero attached hydrogens (tertiary/aromatic N) is 1. The highest BCUT2D eigenvalue weighted by atomic mass is 32.2. The van der Waals surface area contributed by atoms with Crippen molar-refractivity contribution in [3.05, 3.63) is 54.1 Å². The maximum atomic E-state index is 12.7. The van der Waals surface area contributed by atoms with Crippen LogP contribution in [-0.4, -0.2) is 39.4 Å². The summed E-state index contributed by atoms with van der Waals surface area (Å²) in [4.78, 5) is 14.1. The minimum absolute atomic E-state index is 0.0848. The first-order valence-electron chi connectivity index (χ1n) is 8.99. The summed E-state index contributed by atoms with van der Waals surface area (Å²) in [6, 6.07) is 12.8. The number of para-hydroxylation sites is 2. The number of carbonyl (C=O) groups excluding carboxylic acids is 1. The second-order valence-electron chi connectivity index (χ2n) is 6.14. The predicted octanol–water partition coefficient (Wildman–Crippen LogP) is 3.76. The number of hydrogen-bond acceptors (Lipinski definition) is 4. The molecule has 2 aromatic carbocycles. The van der Waals surface area contributed by atoms with Crippen LogP contribution in [0.5, 0.6) is 5.75 Å². The van der Waals surface area contributed by atoms with Crippen LogP contribution in [0.25, 0.3) is 0 Å². The Labute approximate surface area is 161 Å². The molecular weight excluding hydrogens is 364 g/mol. The molecule has 27 heavy (non-hydrogen) atoms. The number of ether oxygens (including phenoxy) is 1. The van der Waals surface area contributed by atoms with Crippen molar-refractivity contribution in [2.45, 2.75) is 31.6 Å². The van der Waals surface area contributed by atoms with Gasteiger partial charge in [-0.15, -0.1) is 0 Å². The largest absolute Gasteiger partial charge is 0.492 e. The number of anilines is 1. The van der Waals surface area contributed by atoms with Gasteiger partial charge in [-0.2, -0.15) is 0 Å². The molecule has 0 aliphatic carbocycles. The highest BCUT2D eigenvalue weighted by Gasteiger charge is 2.18. The van der Waals surface area contributed by atoms with Gasteiger partial charge in [0.25, 0.3) is 15.9 Å². The number of rotatable bonds is 9. The number of benzene rings is 2. The van der Waals surface area contributed by atoms with Crippen LogP contribution in [0.3, 0.4) is 0 Å². The van der Waals surface area contributed by atoms with E-state index in [-0.39, 0.29) is 10.8 Å². The fourth-order valence-electron chi connectivity index (χ4n) is 2.53. The highest BCUT2D eigenvalue weighted by molar-refractivity contribution is 7.92. The molecule has 6 nitrogen and oxygen atoms in total. The third kappa shape index (κ3) is 5.47. The van der Waals surface area contributed by atoms with Gasteiger partial charge in [-0.05, 0) is 49.7 Å². The number of sulfonamides is 1. The monoisotopic (exact) mass is 390 g/mol. The lowest BCUT2D eigenvalue weighted by molar-refractivity contribution is 0.0793. The average molecular weight is 391 g/mol. The summed E-state index contributed by atoms with van der Waals surface area (Å²) in [5, 5.41) is 0. The molecule has 0 spiro atoms. The summed E-state index contributed by atoms with van der Waals surface area (Å²) in [7, 11) is -2.04. The molecule has 0 aliphatic rings. The molecule has 0 aliphatic heterocycles. The van der Waals surface area contributed by atoms with Crippen molar-refractivity contribution in [1.82, 2.24) is 4.90 Å². The standard InChI is InChI=1S/C20H26N2O4S/c1-4-6-15-22(3)20(23)16-11-13-17(14-12-16)27(24,25)21-18-9-7-8-10-19(18)26-5-2/h7-14,21H,4-6,15H2,1-3H3. The third-order valence-electron chi connectivity index (χ3n) is 4.04. The molecule has 0 heterocycles. The predicted molar refractivity (Wildman–Crippen MR) is 107 cm³/mol. The van der Waals surface area contributed by atoms with Crippen LogP contribution in [0.1, 0.15) is 37.0 Å². The quantitative estimate of drug-likeness (QED) is 0.707. The Morgan fingerprint density at radius 1 is 1.07 bits per heavy atom. The number of nitrogens with one attached hydrogen (secondary N) is 1. The maximum Gasteiger partial charge on any atom is 0.262 e. The van der Waals surface area contributed by atoms with E-state index in [1.165, 1.54) is 24.3 Å². The first kappa shape index (κ1) is 20.8. The SMILES string of the molecule is CCCCN(C)C(=O)c1ccc(S(=O)(=O)Nc2ccccc2OCC)cc1. The normalized spacial score (nSPS) is 11.1. The smallest absolute Gasteiger partial charge is 0.262 e. The van der Waals surface area contributed by atoms with Crippen LogP contribution in [0, 0.1) is 0 Å². The van der Waals surface area contributed by atoms with E-state index in [9.17, 15) is 13.2 Å². The van der Waals surface area contributed by atoms with Crippen LogP contribution in [0.4, 0.5) is 5.69 Å². The summed E-state index contributed by atoms with van der Waals surface area (Å²) in [5.41, 5.74) is 0.834. The minimum Gasteiger partial charge on any atom is -0.492 e. The minimum atomic E-state index is -3.79. The fraction of sp³-hybridized carbons (Fsp3) is 0.350. The Hall–Kier alpha value is -2.54. The van der Waals surface area contributed by atoms with Gasteiger partial charge in [-0.25, -0.2) is 8.42 Å². The van der Waals surface area contributed by atoms with Crippen LogP contribution >= 0.6 is 0 Å². The number of amides is 1. The molecule has 0 saturated heterocycles. The van der Waals surface area contributed by atoms with Gasteiger partial charge in [-0.3, -0.25) is 9.52 Å². The van der Waals surface area contributed by atoms with Gasteiger partial charge < -0.3 is 9.64 Å². The molecule has 1 amide bonds. The molecule has 1 N–H and O–H groups in total. The Balaban J connectivity index is 2.17. The van der Waals surface area contributed by atoms with Crippen molar-refractivity contribution in [1.29, 1.82) is 0 Å². The summed E-state index contributed by atoms with van der Waals surface area (Å²) < 4.78 is 33.3. The summed E-state index contributed by atoms with van der Waals surface area (Å²) >= 11 is 0. The Bertz CT molecular complexity index is 864. The maximum absolute atomic E-state index is 12.7. The molecule has 0 aromatic heterocycles. The van der Waals surface area contributed by atoms with Crippen LogP contribution in [-0.2, 0) is 10.0 Å². The second kappa shape index (κ2) is 9.41. The molecule has 0 bridgehead atoms. The zero-order valence-electron chi connectivity index (χ0n) is 15.9. The highest BCUT2D eigenvalue weighted by Crippen LogP contribution is 2.26. The average Bonchev–Trinajstić information content (AvgIpc) is 2.67. The first-order chi connectivity index (χ1) is 12.9. The number of carbonyl (C=O) groups is 1. The number of hydrogen-bond donors (Lipinski definition) is 1. The van der Waals surface area contributed by atoms with Crippen molar-refractivity contribution in [2.24, 2.45) is 0 Å². The van der Waals surface area contributed by atoms with Gasteiger partial charge in [0.05, 0.1) is 17.2 Å². The van der Waals surface area contributed by atoms with E-state index in [4.69, 9.17) is 4.74 Å². The topological polar surface area (TPSA) is 75.7 Å². The molecule has 0 atom stereocenters. The molecule has 2 aromatic rings. The van der Waals surface area contributed by atoms with Crippen LogP contribution in [0.15, 0.2) is 53.4 Å². The molecule has 0 saturated carbocycles. The van der Waals surface area contributed by atoms with Crippen LogP contribution < -0.4 is 9.46 Å². The van der Waals surface area contributed by atoms with E-state index < -0.39 is 10.0 Å². The van der Waals surface area contributed by atoms with Crippen LogP contribution in [0.2, 0.25) is 0 Å². The summed E-state index contributed by atoms with van der Waals surface area (Å²) in [5.74, 6) is 0.343. The van der Waals surface area contributed by atoms with Gasteiger partial charge in [0.2, 0.25) is 0 Å². The third-order valence-corrected chi connectivity index (χ3v) is 5.42. The van der Waals surface area contributed by atoms with Gasteiger partial charge in [0.1, 0.15) is 5.75 Å². The zero-order chi connectivity index (χ0) is 19.9. The van der Waals surface area contributed by atoms with Crippen molar-refractivity contribution in [3.8, 4) is 5.75 Å². The molecule has 2 rings (SSSR count). The van der Waals surface area contributed by atoms with Crippen molar-refractivity contribution < 1.29 is 17.9 Å². The Kier molecular flexibility index (Phi) is 7.24. The molecule has 0 radical (unpaired) electrons. The first-order valence-corrected chi connectivity index (χ1v) is 10.5. The lowest BCUT2D eigenvalue weighted by atomic mass is 10.2. The molecule has 146 valence electrons. The van der Waals surface area contributed by atoms with Crippen molar-refractivity contribution in [2.75, 3.05) is 24.9 Å². The molecular formula is C20H26N2O4S. The van der Waals surface area contributed by atoms with Gasteiger partial charge in [0.15, 0.2) is 0 Å². The summed E-state index contributed by atoms with van der Waals surface area (Å²) in [6.45, 7) is 5.00. The molecule has 0 fully saturated rings. The van der Waals surface area contributed by atoms with E-state index in [2.05, 4.69) is 11.6 Å². The van der Waals surface area contributed by atoms with E-state index in [1.807, 2.05) is 6.92 Å². The Morgan fingerprint density at radius 3 is 2.37 bits per heavy atom. The van der Waals surface area contributed by atoms with Crippen molar-refractivity contribution in [3.63, 3.8) is 0 Å². The lowest BCUT2D eigenvalue weighted by Gasteiger charge is -2.17. The van der Waals surface area contributed by atoms with Crippen molar-refractivity contribution >= 4 is 21.6 Å². The van der Waals surface area contributed by atoms with E-state index in [0.717, 1.165) is 12.8 Å². The molecule has 7 heteroatoms.